The van der Waals surface area contributed by atoms with Crippen LogP contribution < -0.4 is 4.74 Å². The average molecular weight is 345 g/mol. The molecule has 3 rings (SSSR count). The summed E-state index contributed by atoms with van der Waals surface area (Å²) < 4.78 is 6.49. The summed E-state index contributed by atoms with van der Waals surface area (Å²) in [7, 11) is 0.978. The van der Waals surface area contributed by atoms with Crippen molar-refractivity contribution in [3.05, 3.63) is 41.6 Å². The molecule has 0 radical (unpaired) electrons. The quantitative estimate of drug-likeness (QED) is 0.666. The standard InChI is InChI=1S/C21H32NOP/c1-14(2)24-13-18-20(22-11-7-8-16(22)4)17-12-15(3)9-10-19(17)23-21(18,5)6/h9-10,12,14,18,20,24H,4,7-8,11,13H2,1-3,5-6H3. The lowest BCUT2D eigenvalue weighted by molar-refractivity contribution is -0.0105. The van der Waals surface area contributed by atoms with E-state index in [1.54, 1.807) is 0 Å². The van der Waals surface area contributed by atoms with E-state index in [0.717, 1.165) is 33.0 Å². The Morgan fingerprint density at radius 1 is 1.38 bits per heavy atom. The number of nitrogens with zero attached hydrogens (tertiary/aromatic N) is 1. The molecule has 2 aliphatic rings. The lowest BCUT2D eigenvalue weighted by Gasteiger charge is -2.49. The van der Waals surface area contributed by atoms with Gasteiger partial charge in [-0.1, -0.05) is 38.1 Å². The third kappa shape index (κ3) is 3.36. The van der Waals surface area contributed by atoms with Crippen LogP contribution in [-0.2, 0) is 0 Å². The van der Waals surface area contributed by atoms with Gasteiger partial charge in [0.05, 0.1) is 6.04 Å². The molecule has 0 saturated carbocycles. The van der Waals surface area contributed by atoms with Gasteiger partial charge in [0.2, 0.25) is 0 Å². The number of hydrogen-bond donors (Lipinski definition) is 0. The van der Waals surface area contributed by atoms with Crippen molar-refractivity contribution in [3.63, 3.8) is 0 Å². The lowest BCUT2D eigenvalue weighted by atomic mass is 9.78. The SMILES string of the molecule is C=C1CCCN1C1c2cc(C)ccc2OC(C)(C)C1CPC(C)C. The number of hydrogen-bond acceptors (Lipinski definition) is 2. The zero-order chi connectivity index (χ0) is 17.5. The summed E-state index contributed by atoms with van der Waals surface area (Å²) in [5.41, 5.74) is 4.61. The Kier molecular flexibility index (Phi) is 4.98. The molecule has 3 atom stereocenters. The molecule has 2 nitrogen and oxygen atoms in total. The van der Waals surface area contributed by atoms with Crippen LogP contribution in [0.15, 0.2) is 30.5 Å². The van der Waals surface area contributed by atoms with E-state index in [4.69, 9.17) is 4.74 Å². The predicted octanol–water partition coefficient (Wildman–Crippen LogP) is 5.52. The molecule has 0 aromatic heterocycles. The van der Waals surface area contributed by atoms with Crippen molar-refractivity contribution < 1.29 is 4.74 Å². The minimum Gasteiger partial charge on any atom is -0.487 e. The van der Waals surface area contributed by atoms with Crippen LogP contribution in [0.4, 0.5) is 0 Å². The zero-order valence-electron chi connectivity index (χ0n) is 15.9. The number of fused-ring (bicyclic) bond motifs is 1. The van der Waals surface area contributed by atoms with Crippen molar-refractivity contribution in [2.75, 3.05) is 12.7 Å². The van der Waals surface area contributed by atoms with E-state index in [1.165, 1.54) is 29.4 Å². The predicted molar refractivity (Wildman–Crippen MR) is 106 cm³/mol. The van der Waals surface area contributed by atoms with Crippen LogP contribution >= 0.6 is 8.58 Å². The Balaban J connectivity index is 2.05. The minimum atomic E-state index is -0.141. The normalized spacial score (nSPS) is 26.2. The maximum absolute atomic E-state index is 6.49. The summed E-state index contributed by atoms with van der Waals surface area (Å²) in [4.78, 5) is 2.58. The number of benzene rings is 1. The summed E-state index contributed by atoms with van der Waals surface area (Å²) in [6, 6.07) is 7.08. The van der Waals surface area contributed by atoms with E-state index in [9.17, 15) is 0 Å². The van der Waals surface area contributed by atoms with E-state index >= 15 is 0 Å². The molecule has 132 valence electrons. The van der Waals surface area contributed by atoms with Crippen molar-refractivity contribution in [2.24, 2.45) is 5.92 Å². The molecule has 2 aliphatic heterocycles. The first-order valence-corrected chi connectivity index (χ1v) is 10.6. The average Bonchev–Trinajstić information content (AvgIpc) is 2.90. The van der Waals surface area contributed by atoms with Gasteiger partial charge in [-0.2, -0.15) is 0 Å². The van der Waals surface area contributed by atoms with Gasteiger partial charge in [0.1, 0.15) is 11.4 Å². The van der Waals surface area contributed by atoms with Crippen molar-refractivity contribution in [3.8, 4) is 5.75 Å². The van der Waals surface area contributed by atoms with E-state index in [0.29, 0.717) is 12.0 Å². The van der Waals surface area contributed by atoms with Crippen LogP contribution in [0.1, 0.15) is 57.7 Å². The fraction of sp³-hybridized carbons (Fsp3) is 0.619. The van der Waals surface area contributed by atoms with Gasteiger partial charge in [-0.05, 0) is 51.5 Å². The second-order valence-corrected chi connectivity index (χ2v) is 10.2. The molecule has 2 heterocycles. The second-order valence-electron chi connectivity index (χ2n) is 8.22. The molecule has 1 aromatic rings. The largest absolute Gasteiger partial charge is 0.487 e. The van der Waals surface area contributed by atoms with E-state index in [1.807, 2.05) is 0 Å². The molecule has 3 unspecified atom stereocenters. The highest BCUT2D eigenvalue weighted by atomic mass is 31.1. The topological polar surface area (TPSA) is 12.5 Å². The smallest absolute Gasteiger partial charge is 0.125 e. The highest BCUT2D eigenvalue weighted by Crippen LogP contribution is 2.51. The molecular formula is C21H32NOP. The first-order valence-electron chi connectivity index (χ1n) is 9.27. The molecule has 0 amide bonds. The highest BCUT2D eigenvalue weighted by Gasteiger charge is 2.46. The number of allylic oxidation sites excluding steroid dienone is 1. The van der Waals surface area contributed by atoms with Gasteiger partial charge in [0, 0.05) is 23.7 Å². The van der Waals surface area contributed by atoms with Gasteiger partial charge in [-0.3, -0.25) is 0 Å². The van der Waals surface area contributed by atoms with Gasteiger partial charge in [-0.25, -0.2) is 0 Å². The first kappa shape index (κ1) is 17.8. The number of rotatable bonds is 4. The third-order valence-electron chi connectivity index (χ3n) is 5.48. The van der Waals surface area contributed by atoms with Gasteiger partial charge >= 0.3 is 0 Å². The molecule has 0 spiro atoms. The summed E-state index contributed by atoms with van der Waals surface area (Å²) >= 11 is 0. The Labute approximate surface area is 149 Å². The molecular weight excluding hydrogens is 313 g/mol. The Morgan fingerprint density at radius 3 is 2.75 bits per heavy atom. The van der Waals surface area contributed by atoms with Crippen LogP contribution in [0, 0.1) is 12.8 Å². The van der Waals surface area contributed by atoms with Crippen molar-refractivity contribution in [2.45, 2.75) is 64.8 Å². The molecule has 1 fully saturated rings. The van der Waals surface area contributed by atoms with Crippen molar-refractivity contribution in [1.29, 1.82) is 0 Å². The van der Waals surface area contributed by atoms with Gasteiger partial charge in [0.15, 0.2) is 0 Å². The van der Waals surface area contributed by atoms with Crippen LogP contribution in [-0.4, -0.2) is 28.9 Å². The van der Waals surface area contributed by atoms with Crippen LogP contribution in [0.25, 0.3) is 0 Å². The summed E-state index contributed by atoms with van der Waals surface area (Å²) in [6.45, 7) is 16.9. The number of aryl methyl sites for hydroxylation is 1. The summed E-state index contributed by atoms with van der Waals surface area (Å²) in [6.07, 6.45) is 3.60. The van der Waals surface area contributed by atoms with E-state index in [-0.39, 0.29) is 5.60 Å². The van der Waals surface area contributed by atoms with E-state index < -0.39 is 0 Å². The van der Waals surface area contributed by atoms with E-state index in [2.05, 4.69) is 64.3 Å². The van der Waals surface area contributed by atoms with Crippen LogP contribution in [0.3, 0.4) is 0 Å². The molecule has 1 saturated heterocycles. The number of likely N-dealkylation sites (tertiary alicyclic amines) is 1. The maximum atomic E-state index is 6.49. The fourth-order valence-electron chi connectivity index (χ4n) is 4.14. The third-order valence-corrected chi connectivity index (χ3v) is 6.98. The van der Waals surface area contributed by atoms with Gasteiger partial charge < -0.3 is 9.64 Å². The Morgan fingerprint density at radius 2 is 2.12 bits per heavy atom. The fourth-order valence-corrected chi connectivity index (χ4v) is 5.58. The maximum Gasteiger partial charge on any atom is 0.125 e. The Hall–Kier alpha value is -1.01. The first-order chi connectivity index (χ1) is 11.3. The zero-order valence-corrected chi connectivity index (χ0v) is 16.9. The Bertz CT molecular complexity index is 622. The molecule has 0 bridgehead atoms. The monoisotopic (exact) mass is 345 g/mol. The summed E-state index contributed by atoms with van der Waals surface area (Å²) in [5.74, 6) is 1.57. The summed E-state index contributed by atoms with van der Waals surface area (Å²) in [5, 5.41) is 0. The molecule has 1 aromatic carbocycles. The second kappa shape index (κ2) is 6.71. The van der Waals surface area contributed by atoms with Crippen molar-refractivity contribution in [1.82, 2.24) is 4.90 Å². The van der Waals surface area contributed by atoms with Crippen molar-refractivity contribution >= 4 is 8.58 Å². The molecule has 0 N–H and O–H groups in total. The molecule has 0 aliphatic carbocycles. The van der Waals surface area contributed by atoms with Crippen LogP contribution in [0.2, 0.25) is 0 Å². The lowest BCUT2D eigenvalue weighted by Crippen LogP contribution is -2.50. The minimum absolute atomic E-state index is 0.141. The number of ether oxygens (including phenoxy) is 1. The van der Waals surface area contributed by atoms with Gasteiger partial charge in [0.25, 0.3) is 0 Å². The molecule has 3 heteroatoms. The van der Waals surface area contributed by atoms with Crippen LogP contribution in [0.5, 0.6) is 5.75 Å². The van der Waals surface area contributed by atoms with Gasteiger partial charge in [-0.15, -0.1) is 8.58 Å². The molecule has 24 heavy (non-hydrogen) atoms. The highest BCUT2D eigenvalue weighted by molar-refractivity contribution is 7.38.